The van der Waals surface area contributed by atoms with Gasteiger partial charge in [-0.25, -0.2) is 66.1 Å². The van der Waals surface area contributed by atoms with Crippen LogP contribution >= 0.6 is 0 Å². The molecule has 13 heterocycles. The fourth-order valence-corrected chi connectivity index (χ4v) is 14.4. The normalized spacial score (nSPS) is 18.6. The number of carboxylic acid groups (broad SMARTS) is 2. The van der Waals surface area contributed by atoms with Gasteiger partial charge in [-0.2, -0.15) is 41.6 Å². The maximum absolute atomic E-state index is 14.4. The lowest BCUT2D eigenvalue weighted by molar-refractivity contribution is -0.179. The molecule has 112 heavy (non-hydrogen) atoms. The lowest BCUT2D eigenvalue weighted by Gasteiger charge is -2.29. The van der Waals surface area contributed by atoms with Crippen LogP contribution in [0.4, 0.5) is 61.6 Å². The number of fused-ring (bicyclic) bond motifs is 7. The van der Waals surface area contributed by atoms with Gasteiger partial charge < -0.3 is 29.6 Å². The van der Waals surface area contributed by atoms with E-state index >= 15 is 0 Å². The van der Waals surface area contributed by atoms with Gasteiger partial charge in [0.15, 0.2) is 11.3 Å². The van der Waals surface area contributed by atoms with Crippen LogP contribution in [0.3, 0.4) is 0 Å². The number of ether oxygens (including phenoxy) is 1. The van der Waals surface area contributed by atoms with Crippen molar-refractivity contribution in [3.05, 3.63) is 166 Å². The Hall–Kier alpha value is -11.2. The van der Waals surface area contributed by atoms with Crippen molar-refractivity contribution in [3.63, 3.8) is 0 Å². The number of hydrazine groups is 3. The first kappa shape index (κ1) is 80.4. The van der Waals surface area contributed by atoms with Gasteiger partial charge in [-0.15, -0.1) is 0 Å². The van der Waals surface area contributed by atoms with E-state index in [4.69, 9.17) is 14.5 Å². The van der Waals surface area contributed by atoms with Crippen molar-refractivity contribution < 1.29 is 83.2 Å². The number of rotatable bonds is 17. The molecule has 3 saturated heterocycles. The van der Waals surface area contributed by atoms with Gasteiger partial charge in [-0.3, -0.25) is 45.6 Å². The molecule has 29 nitrogen and oxygen atoms in total. The summed E-state index contributed by atoms with van der Waals surface area (Å²) in [7, 11) is 0. The predicted octanol–water partition coefficient (Wildman–Crippen LogP) is 10.9. The fraction of sp³-hybridized carbons (Fsp3) is 0.459. The summed E-state index contributed by atoms with van der Waals surface area (Å²) < 4.78 is 122. The van der Waals surface area contributed by atoms with Crippen molar-refractivity contribution in [2.75, 3.05) is 54.0 Å². The highest BCUT2D eigenvalue weighted by atomic mass is 19.4. The second kappa shape index (κ2) is 33.4. The summed E-state index contributed by atoms with van der Waals surface area (Å²) >= 11 is 0. The Morgan fingerprint density at radius 1 is 0.598 bits per heavy atom. The number of carbonyl (C=O) groups excluding carboxylic acids is 4. The molecule has 3 aliphatic carbocycles. The molecule has 5 N–H and O–H groups in total. The van der Waals surface area contributed by atoms with Crippen molar-refractivity contribution in [3.8, 4) is 0 Å². The molecule has 4 aliphatic heterocycles. The van der Waals surface area contributed by atoms with E-state index in [9.17, 15) is 73.7 Å². The van der Waals surface area contributed by atoms with Crippen LogP contribution in [-0.4, -0.2) is 190 Å². The molecule has 2 bridgehead atoms. The van der Waals surface area contributed by atoms with Crippen LogP contribution in [-0.2, 0) is 33.6 Å². The van der Waals surface area contributed by atoms with Crippen molar-refractivity contribution in [2.24, 2.45) is 0 Å². The number of hydrogen-bond acceptors (Lipinski definition) is 21. The highest BCUT2D eigenvalue weighted by molar-refractivity contribution is 5.99. The molecule has 9 aromatic rings. The Labute approximate surface area is 635 Å². The molecular formula is C74H83F9N20O9. The molecule has 3 amide bonds. The monoisotopic (exact) mass is 1570 g/mol. The van der Waals surface area contributed by atoms with E-state index in [0.717, 1.165) is 105 Å². The summed E-state index contributed by atoms with van der Waals surface area (Å²) in [5, 5.41) is 36.5. The topological polar surface area (TPSA) is 324 Å². The van der Waals surface area contributed by atoms with Gasteiger partial charge in [0, 0.05) is 118 Å². The van der Waals surface area contributed by atoms with E-state index < -0.39 is 59.8 Å². The van der Waals surface area contributed by atoms with Crippen molar-refractivity contribution >= 4 is 70.3 Å². The minimum absolute atomic E-state index is 0. The van der Waals surface area contributed by atoms with Crippen LogP contribution in [0, 0.1) is 17.5 Å². The van der Waals surface area contributed by atoms with Crippen molar-refractivity contribution in [1.82, 2.24) is 85.1 Å². The zero-order valence-corrected chi connectivity index (χ0v) is 60.4. The Bertz CT molecular complexity index is 4950. The van der Waals surface area contributed by atoms with Crippen molar-refractivity contribution in [1.29, 1.82) is 0 Å². The third kappa shape index (κ3) is 19.2. The van der Waals surface area contributed by atoms with Crippen LogP contribution in [0.1, 0.15) is 188 Å². The second-order valence-corrected chi connectivity index (χ2v) is 28.9. The third-order valence-electron chi connectivity index (χ3n) is 19.8. The van der Waals surface area contributed by atoms with Gasteiger partial charge in [0.25, 0.3) is 5.91 Å². The minimum atomic E-state index is -4.99. The van der Waals surface area contributed by atoms with Gasteiger partial charge in [0.05, 0.1) is 60.8 Å². The van der Waals surface area contributed by atoms with Gasteiger partial charge in [-0.1, -0.05) is 7.43 Å². The average Bonchev–Trinajstić information content (AvgIpc) is 1.63. The van der Waals surface area contributed by atoms with E-state index in [1.165, 1.54) is 51.0 Å². The Kier molecular flexibility index (Phi) is 24.0. The Morgan fingerprint density at radius 3 is 1.62 bits per heavy atom. The zero-order valence-electron chi connectivity index (χ0n) is 60.4. The molecule has 6 fully saturated rings. The number of amides is 3. The number of aromatic nitrogens is 11. The zero-order chi connectivity index (χ0) is 78.8. The third-order valence-corrected chi connectivity index (χ3v) is 19.8. The van der Waals surface area contributed by atoms with E-state index in [1.54, 1.807) is 47.4 Å². The maximum Gasteiger partial charge on any atom is 0.472 e. The number of nitrogens with one attached hydrogen (secondary N) is 3. The number of carboxylic acids is 2. The first-order chi connectivity index (χ1) is 52.9. The number of nitrogens with zero attached hydrogens (tertiary/aromatic N) is 17. The Morgan fingerprint density at radius 2 is 1.08 bits per heavy atom. The van der Waals surface area contributed by atoms with E-state index in [-0.39, 0.29) is 79.1 Å². The molecule has 0 aromatic carbocycles. The molecule has 16 rings (SSSR count). The van der Waals surface area contributed by atoms with Crippen molar-refractivity contribution in [2.45, 2.75) is 179 Å². The van der Waals surface area contributed by atoms with Gasteiger partial charge in [-0.05, 0) is 157 Å². The van der Waals surface area contributed by atoms with Crippen LogP contribution in [0.25, 0.3) is 16.8 Å². The van der Waals surface area contributed by atoms with Crippen LogP contribution in [0.2, 0.25) is 0 Å². The molecule has 596 valence electrons. The summed E-state index contributed by atoms with van der Waals surface area (Å²) in [5.74, 6) is -4.32. The number of alkyl halides is 6. The number of aromatic carboxylic acids is 2. The number of hydrogen-bond donors (Lipinski definition) is 5. The van der Waals surface area contributed by atoms with E-state index in [1.807, 2.05) is 53.4 Å². The summed E-state index contributed by atoms with van der Waals surface area (Å²) in [5.41, 5.74) is 14.2. The largest absolute Gasteiger partial charge is 0.478 e. The fourth-order valence-electron chi connectivity index (χ4n) is 14.4. The molecule has 3 saturated carbocycles. The number of aldehydes is 1. The molecule has 9 aromatic heterocycles. The van der Waals surface area contributed by atoms with E-state index in [2.05, 4.69) is 55.9 Å². The summed E-state index contributed by atoms with van der Waals surface area (Å²) in [6.45, 7) is 8.84. The maximum atomic E-state index is 14.4. The Balaban J connectivity index is 0.000000150. The van der Waals surface area contributed by atoms with Gasteiger partial charge in [0.2, 0.25) is 6.29 Å². The lowest BCUT2D eigenvalue weighted by atomic mass is 10.00. The molecule has 38 heteroatoms. The van der Waals surface area contributed by atoms with E-state index in [0.29, 0.717) is 98.1 Å². The molecule has 3 atom stereocenters. The summed E-state index contributed by atoms with van der Waals surface area (Å²) in [4.78, 5) is 97.6. The van der Waals surface area contributed by atoms with Gasteiger partial charge in [0.1, 0.15) is 51.4 Å². The SMILES string of the molecule is C.CC(C)(C)OC(=O)NN(CCc1ncc(F)cc1C1CCCN1c1ccn2ncc(C(=O)O)c2n1)C1CC1.O=C(O)c1cnn2ccc(N3CCC[C@@H]3c3cc(F)cnc3CCN(NC(=O)C(F)(F)F)C3CC3)cc12.O=C1NN(C2CC2)CCc2ncc(F)cc2[C@H]2CCCN2c2ccn3ncc1c3n2.O=CC(F)(F)F. The summed E-state index contributed by atoms with van der Waals surface area (Å²) in [6.07, 6.45) is 13.5. The predicted molar refractivity (Wildman–Crippen MR) is 386 cm³/mol. The molecule has 1 unspecified atom stereocenters. The second-order valence-electron chi connectivity index (χ2n) is 28.9. The number of pyridine rings is 4. The molecule has 7 aliphatic rings. The number of anilines is 3. The lowest BCUT2D eigenvalue weighted by Crippen LogP contribution is -2.50. The quantitative estimate of drug-likeness (QED) is 0.0321. The number of halogens is 9. The first-order valence-electron chi connectivity index (χ1n) is 36.3. The standard InChI is InChI=1S/C26H32FN7O4.C24H24F4N6O3.C21H22FN7O.C2HF3O.CH4/c1-26(2,3)38-25(37)31-33(17-6-7-17)11-8-20-18(13-16(27)14-28-20)21-5-4-10-32(21)22-9-12-34-23(30-22)19(15-29-34)24(35)36;25-14-10-17(19(29-12-14)6-9-33(15-3-4-15)31-23(37)24(26,27)28)20-2-1-7-32(20)16-5-8-34-21(11-16)18(13-30-34)22(35)36;22-13-10-15-17(23-11-13)5-8-28(14-3-4-14)26-21(30)16-12-24-29-9-6-19(25-20(16)29)27-7-1-2-18(15)27;3-2(4,5)1-6;/h9,12-15,17,21H,4-8,10-11H2,1-3H3,(H,31,37)(H,35,36);5,8,10-13,15,20H,1-4,6-7,9H2,(H,31,37)(H,35,36);6,9-12,14,18H,1-5,7-8H2,(H,26,30);1H;1H4/t;20-;18-;;/m.11../s1. The van der Waals surface area contributed by atoms with Crippen LogP contribution in [0.15, 0.2) is 98.2 Å². The molecule has 0 radical (unpaired) electrons. The van der Waals surface area contributed by atoms with Crippen LogP contribution in [0.5, 0.6) is 0 Å². The number of carbonyl (C=O) groups is 6. The smallest absolute Gasteiger partial charge is 0.472 e. The first-order valence-corrected chi connectivity index (χ1v) is 36.3. The van der Waals surface area contributed by atoms with Crippen LogP contribution < -0.4 is 31.0 Å². The molecule has 0 spiro atoms. The minimum Gasteiger partial charge on any atom is -0.478 e. The van der Waals surface area contributed by atoms with Gasteiger partial charge >= 0.3 is 36.3 Å². The highest BCUT2D eigenvalue weighted by Crippen LogP contribution is 2.42. The average molecular weight is 1570 g/mol. The highest BCUT2D eigenvalue weighted by Gasteiger charge is 2.43. The summed E-state index contributed by atoms with van der Waals surface area (Å²) in [6, 6.07) is 11.7. The molecular weight excluding hydrogens is 1480 g/mol.